The highest BCUT2D eigenvalue weighted by Gasteiger charge is 2.13. The van der Waals surface area contributed by atoms with E-state index in [0.29, 0.717) is 0 Å². The summed E-state index contributed by atoms with van der Waals surface area (Å²) >= 11 is 0. The largest absolute Gasteiger partial charge is 0.439 e. The molecule has 2 heterocycles. The van der Waals surface area contributed by atoms with Gasteiger partial charge in [0.05, 0.1) is 24.0 Å². The van der Waals surface area contributed by atoms with Crippen LogP contribution in [0.25, 0.3) is 11.3 Å². The average Bonchev–Trinajstić information content (AvgIpc) is 2.93. The maximum Gasteiger partial charge on any atom is 0.211 e. The molecule has 0 aromatic carbocycles. The lowest BCUT2D eigenvalue weighted by Crippen LogP contribution is -2.19. The summed E-state index contributed by atoms with van der Waals surface area (Å²) in [5.41, 5.74) is 0.953. The maximum absolute atomic E-state index is 5.71. The molecule has 5 nitrogen and oxygen atoms in total. The second-order valence-corrected chi connectivity index (χ2v) is 4.14. The van der Waals surface area contributed by atoms with Crippen LogP contribution in [0.4, 0.5) is 0 Å². The van der Waals surface area contributed by atoms with E-state index in [-0.39, 0.29) is 6.04 Å². The Balaban J connectivity index is 2.10. The Hall–Kier alpha value is -1.62. The van der Waals surface area contributed by atoms with Gasteiger partial charge in [-0.15, -0.1) is 0 Å². The van der Waals surface area contributed by atoms with Gasteiger partial charge in [0.2, 0.25) is 5.89 Å². The van der Waals surface area contributed by atoms with E-state index >= 15 is 0 Å². The third kappa shape index (κ3) is 2.74. The second kappa shape index (κ2) is 5.14. The predicted molar refractivity (Wildman–Crippen MR) is 65.4 cm³/mol. The molecule has 0 bridgehead atoms. The fourth-order valence-electron chi connectivity index (χ4n) is 1.62. The SMILES string of the molecule is CCCNC(C)c1ncc(-c2cnn(C)c2)o1. The summed E-state index contributed by atoms with van der Waals surface area (Å²) in [6.45, 7) is 5.15. The highest BCUT2D eigenvalue weighted by Crippen LogP contribution is 2.22. The van der Waals surface area contributed by atoms with Crippen LogP contribution < -0.4 is 5.32 Å². The normalized spacial score (nSPS) is 12.9. The van der Waals surface area contributed by atoms with Crippen molar-refractivity contribution in [1.82, 2.24) is 20.1 Å². The zero-order valence-electron chi connectivity index (χ0n) is 10.5. The van der Waals surface area contributed by atoms with Gasteiger partial charge in [-0.2, -0.15) is 5.10 Å². The number of aryl methyl sites for hydroxylation is 1. The molecule has 2 aromatic rings. The second-order valence-electron chi connectivity index (χ2n) is 4.14. The van der Waals surface area contributed by atoms with Crippen LogP contribution in [0.1, 0.15) is 32.2 Å². The lowest BCUT2D eigenvalue weighted by Gasteiger charge is -2.08. The molecule has 0 amide bonds. The fourth-order valence-corrected chi connectivity index (χ4v) is 1.62. The molecular formula is C12H18N4O. The summed E-state index contributed by atoms with van der Waals surface area (Å²) in [6, 6.07) is 0.139. The summed E-state index contributed by atoms with van der Waals surface area (Å²) in [6.07, 6.45) is 6.53. The Bertz CT molecular complexity index is 474. The van der Waals surface area contributed by atoms with Crippen molar-refractivity contribution in [3.8, 4) is 11.3 Å². The standard InChI is InChI=1S/C12H18N4O/c1-4-5-13-9(2)12-14-7-11(17-12)10-6-15-16(3)8-10/h6-9,13H,4-5H2,1-3H3. The Morgan fingerprint density at radius 1 is 1.47 bits per heavy atom. The number of aromatic nitrogens is 3. The van der Waals surface area contributed by atoms with Crippen molar-refractivity contribution >= 4 is 0 Å². The first-order valence-electron chi connectivity index (χ1n) is 5.89. The van der Waals surface area contributed by atoms with Crippen molar-refractivity contribution in [2.45, 2.75) is 26.3 Å². The number of hydrogen-bond acceptors (Lipinski definition) is 4. The molecule has 1 unspecified atom stereocenters. The first-order valence-corrected chi connectivity index (χ1v) is 5.89. The highest BCUT2D eigenvalue weighted by atomic mass is 16.4. The molecule has 0 aliphatic carbocycles. The molecule has 0 saturated carbocycles. The minimum absolute atomic E-state index is 0.139. The Kier molecular flexibility index (Phi) is 3.58. The molecule has 0 saturated heterocycles. The number of oxazole rings is 1. The van der Waals surface area contributed by atoms with Gasteiger partial charge >= 0.3 is 0 Å². The molecule has 0 spiro atoms. The van der Waals surface area contributed by atoms with Gasteiger partial charge in [-0.25, -0.2) is 4.98 Å². The summed E-state index contributed by atoms with van der Waals surface area (Å²) in [7, 11) is 1.88. The van der Waals surface area contributed by atoms with E-state index in [1.54, 1.807) is 17.1 Å². The topological polar surface area (TPSA) is 55.9 Å². The molecule has 17 heavy (non-hydrogen) atoms. The van der Waals surface area contributed by atoms with Crippen molar-refractivity contribution in [3.05, 3.63) is 24.5 Å². The molecule has 1 N–H and O–H groups in total. The number of hydrogen-bond donors (Lipinski definition) is 1. The Morgan fingerprint density at radius 2 is 2.29 bits per heavy atom. The number of nitrogens with zero attached hydrogens (tertiary/aromatic N) is 3. The molecule has 2 rings (SSSR count). The predicted octanol–water partition coefficient (Wildman–Crippen LogP) is 2.14. The van der Waals surface area contributed by atoms with Crippen LogP contribution in [0, 0.1) is 0 Å². The van der Waals surface area contributed by atoms with E-state index < -0.39 is 0 Å². The Labute approximate surface area is 101 Å². The molecule has 92 valence electrons. The minimum Gasteiger partial charge on any atom is -0.439 e. The zero-order chi connectivity index (χ0) is 12.3. The van der Waals surface area contributed by atoms with Gasteiger partial charge in [-0.3, -0.25) is 4.68 Å². The lowest BCUT2D eigenvalue weighted by atomic mass is 10.3. The van der Waals surface area contributed by atoms with Crippen LogP contribution >= 0.6 is 0 Å². The van der Waals surface area contributed by atoms with E-state index in [9.17, 15) is 0 Å². The number of rotatable bonds is 5. The lowest BCUT2D eigenvalue weighted by molar-refractivity contribution is 0.423. The van der Waals surface area contributed by atoms with E-state index in [0.717, 1.165) is 30.2 Å². The van der Waals surface area contributed by atoms with Crippen LogP contribution in [-0.4, -0.2) is 21.3 Å². The van der Waals surface area contributed by atoms with Crippen LogP contribution in [0.3, 0.4) is 0 Å². The third-order valence-corrected chi connectivity index (χ3v) is 2.58. The molecule has 1 atom stereocenters. The molecule has 0 radical (unpaired) electrons. The third-order valence-electron chi connectivity index (χ3n) is 2.58. The van der Waals surface area contributed by atoms with Crippen molar-refractivity contribution in [3.63, 3.8) is 0 Å². The van der Waals surface area contributed by atoms with Gasteiger partial charge in [0.1, 0.15) is 0 Å². The zero-order valence-corrected chi connectivity index (χ0v) is 10.5. The molecule has 0 fully saturated rings. The highest BCUT2D eigenvalue weighted by molar-refractivity contribution is 5.53. The van der Waals surface area contributed by atoms with Gasteiger partial charge in [0.15, 0.2) is 5.76 Å². The molecule has 0 aliphatic heterocycles. The van der Waals surface area contributed by atoms with Crippen LogP contribution in [0.2, 0.25) is 0 Å². The molecular weight excluding hydrogens is 216 g/mol. The first kappa shape index (κ1) is 11.9. The summed E-state index contributed by atoms with van der Waals surface area (Å²) in [5.74, 6) is 1.48. The Morgan fingerprint density at radius 3 is 2.94 bits per heavy atom. The fraction of sp³-hybridized carbons (Fsp3) is 0.500. The van der Waals surface area contributed by atoms with Gasteiger partial charge in [-0.1, -0.05) is 6.92 Å². The summed E-state index contributed by atoms with van der Waals surface area (Å²) in [4.78, 5) is 4.29. The quantitative estimate of drug-likeness (QED) is 0.861. The molecule has 0 aliphatic rings. The van der Waals surface area contributed by atoms with Crippen molar-refractivity contribution < 1.29 is 4.42 Å². The van der Waals surface area contributed by atoms with Crippen LogP contribution in [0.15, 0.2) is 23.0 Å². The monoisotopic (exact) mass is 234 g/mol. The van der Waals surface area contributed by atoms with Gasteiger partial charge < -0.3 is 9.73 Å². The molecule has 5 heteroatoms. The first-order chi connectivity index (χ1) is 8.20. The summed E-state index contributed by atoms with van der Waals surface area (Å²) in [5, 5.41) is 7.45. The van der Waals surface area contributed by atoms with E-state index in [1.807, 2.05) is 13.2 Å². The van der Waals surface area contributed by atoms with Crippen molar-refractivity contribution in [2.75, 3.05) is 6.54 Å². The average molecular weight is 234 g/mol. The minimum atomic E-state index is 0.139. The summed E-state index contributed by atoms with van der Waals surface area (Å²) < 4.78 is 7.46. The molecule has 2 aromatic heterocycles. The van der Waals surface area contributed by atoms with Gasteiger partial charge in [0, 0.05) is 13.2 Å². The van der Waals surface area contributed by atoms with E-state index in [1.165, 1.54) is 0 Å². The van der Waals surface area contributed by atoms with Crippen LogP contribution in [-0.2, 0) is 7.05 Å². The number of nitrogens with one attached hydrogen (secondary N) is 1. The smallest absolute Gasteiger partial charge is 0.211 e. The maximum atomic E-state index is 5.71. The van der Waals surface area contributed by atoms with E-state index in [2.05, 4.69) is 29.2 Å². The van der Waals surface area contributed by atoms with Crippen molar-refractivity contribution in [2.24, 2.45) is 7.05 Å². The van der Waals surface area contributed by atoms with Gasteiger partial charge in [-0.05, 0) is 19.9 Å². The van der Waals surface area contributed by atoms with Crippen molar-refractivity contribution in [1.29, 1.82) is 0 Å². The van der Waals surface area contributed by atoms with Gasteiger partial charge in [0.25, 0.3) is 0 Å². The van der Waals surface area contributed by atoms with E-state index in [4.69, 9.17) is 4.42 Å². The van der Waals surface area contributed by atoms with Crippen LogP contribution in [0.5, 0.6) is 0 Å².